The topological polar surface area (TPSA) is 57.5 Å². The minimum absolute atomic E-state index is 0.344. The quantitative estimate of drug-likeness (QED) is 0.872. The molecule has 0 aliphatic carbocycles. The Labute approximate surface area is 104 Å². The maximum absolute atomic E-state index is 13.6. The Balaban J connectivity index is 3.34. The van der Waals surface area contributed by atoms with Gasteiger partial charge in [-0.2, -0.15) is 0 Å². The summed E-state index contributed by atoms with van der Waals surface area (Å²) in [6.07, 6.45) is 0. The molecule has 1 rings (SSSR count). The molecule has 0 bridgehead atoms. The van der Waals surface area contributed by atoms with Crippen LogP contribution in [0.15, 0.2) is 18.2 Å². The Bertz CT molecular complexity index is 456. The van der Waals surface area contributed by atoms with Gasteiger partial charge in [0.1, 0.15) is 17.2 Å². The number of hydrogen-bond acceptors (Lipinski definition) is 2. The highest BCUT2D eigenvalue weighted by Gasteiger charge is 2.42. The predicted octanol–water partition coefficient (Wildman–Crippen LogP) is 2.53. The van der Waals surface area contributed by atoms with E-state index in [0.29, 0.717) is 0 Å². The van der Waals surface area contributed by atoms with Gasteiger partial charge in [0.15, 0.2) is 0 Å². The second kappa shape index (κ2) is 5.02. The highest BCUT2D eigenvalue weighted by molar-refractivity contribution is 5.72. The molecule has 2 N–H and O–H groups in total. The number of aliphatic carboxylic acids is 1. The van der Waals surface area contributed by atoms with Crippen LogP contribution in [0.1, 0.15) is 26.3 Å². The van der Waals surface area contributed by atoms with Gasteiger partial charge in [-0.1, -0.05) is 13.8 Å². The van der Waals surface area contributed by atoms with E-state index in [0.717, 1.165) is 18.2 Å². The molecule has 3 nitrogen and oxygen atoms in total. The lowest BCUT2D eigenvalue weighted by atomic mass is 9.76. The van der Waals surface area contributed by atoms with Crippen LogP contribution in [0.4, 0.5) is 8.78 Å². The Morgan fingerprint density at radius 2 is 1.89 bits per heavy atom. The van der Waals surface area contributed by atoms with Gasteiger partial charge in [0.05, 0.1) is 5.92 Å². The van der Waals surface area contributed by atoms with E-state index < -0.39 is 35.0 Å². The second-order valence-electron chi connectivity index (χ2n) is 4.83. The second-order valence-corrected chi connectivity index (χ2v) is 4.83. The third-order valence-corrected chi connectivity index (χ3v) is 3.01. The van der Waals surface area contributed by atoms with Crippen LogP contribution in [0.2, 0.25) is 0 Å². The lowest BCUT2D eigenvalue weighted by Gasteiger charge is -2.33. The van der Waals surface area contributed by atoms with Gasteiger partial charge in [-0.25, -0.2) is 8.78 Å². The number of hydrogen-bond donors (Lipinski definition) is 2. The van der Waals surface area contributed by atoms with Gasteiger partial charge < -0.3 is 10.2 Å². The molecule has 0 aromatic heterocycles. The molecule has 0 saturated heterocycles. The lowest BCUT2D eigenvalue weighted by molar-refractivity contribution is -0.155. The predicted molar refractivity (Wildman–Crippen MR) is 61.9 cm³/mol. The third-order valence-electron chi connectivity index (χ3n) is 3.01. The molecule has 1 aromatic carbocycles. The number of carboxylic acids is 1. The zero-order chi connectivity index (χ0) is 14.1. The molecule has 0 saturated carbocycles. The number of aliphatic hydroxyl groups is 1. The molecule has 0 radical (unpaired) electrons. The van der Waals surface area contributed by atoms with E-state index in [9.17, 15) is 18.7 Å². The van der Waals surface area contributed by atoms with Gasteiger partial charge in [-0.15, -0.1) is 0 Å². The van der Waals surface area contributed by atoms with E-state index in [1.165, 1.54) is 6.92 Å². The molecule has 0 aliphatic rings. The summed E-state index contributed by atoms with van der Waals surface area (Å²) < 4.78 is 26.8. The van der Waals surface area contributed by atoms with Crippen molar-refractivity contribution < 1.29 is 23.8 Å². The van der Waals surface area contributed by atoms with Gasteiger partial charge in [-0.05, 0) is 31.0 Å². The smallest absolute Gasteiger partial charge is 0.310 e. The highest BCUT2D eigenvalue weighted by Crippen LogP contribution is 2.36. The largest absolute Gasteiger partial charge is 0.481 e. The van der Waals surface area contributed by atoms with E-state index in [4.69, 9.17) is 5.11 Å². The van der Waals surface area contributed by atoms with Gasteiger partial charge in [0.25, 0.3) is 0 Å². The number of halogens is 2. The summed E-state index contributed by atoms with van der Waals surface area (Å²) in [5.41, 5.74) is -2.32. The highest BCUT2D eigenvalue weighted by atomic mass is 19.1. The molecule has 5 heteroatoms. The first-order valence-corrected chi connectivity index (χ1v) is 5.58. The number of carbonyl (C=O) groups is 1. The minimum atomic E-state index is -1.98. The van der Waals surface area contributed by atoms with Crippen molar-refractivity contribution in [1.82, 2.24) is 0 Å². The van der Waals surface area contributed by atoms with Crippen LogP contribution < -0.4 is 0 Å². The molecule has 100 valence electrons. The zero-order valence-electron chi connectivity index (χ0n) is 10.4. The Morgan fingerprint density at radius 1 is 1.33 bits per heavy atom. The summed E-state index contributed by atoms with van der Waals surface area (Å²) in [4.78, 5) is 11.2. The maximum atomic E-state index is 13.6. The van der Waals surface area contributed by atoms with Gasteiger partial charge in [0, 0.05) is 5.56 Å². The maximum Gasteiger partial charge on any atom is 0.310 e. The summed E-state index contributed by atoms with van der Waals surface area (Å²) in [5.74, 6) is -4.46. The average Bonchev–Trinajstić information content (AvgIpc) is 2.19. The standard InChI is InChI=1S/C13H16F2O3/c1-7(2)11(12(16)17)13(3,18)9-6-8(14)4-5-10(9)15/h4-7,11,18H,1-3H3,(H,16,17). The van der Waals surface area contributed by atoms with E-state index in [1.54, 1.807) is 13.8 Å². The molecule has 2 unspecified atom stereocenters. The molecule has 2 atom stereocenters. The first-order valence-electron chi connectivity index (χ1n) is 5.58. The van der Waals surface area contributed by atoms with Crippen molar-refractivity contribution >= 4 is 5.97 Å². The first-order chi connectivity index (χ1) is 8.17. The fourth-order valence-electron chi connectivity index (χ4n) is 2.23. The monoisotopic (exact) mass is 258 g/mol. The summed E-state index contributed by atoms with van der Waals surface area (Å²) in [6, 6.07) is 2.62. The fraction of sp³-hybridized carbons (Fsp3) is 0.462. The molecular formula is C13H16F2O3. The molecular weight excluding hydrogens is 242 g/mol. The van der Waals surface area contributed by atoms with Gasteiger partial charge in [0.2, 0.25) is 0 Å². The van der Waals surface area contributed by atoms with Crippen LogP contribution in [0.3, 0.4) is 0 Å². The van der Waals surface area contributed by atoms with Crippen LogP contribution in [0.25, 0.3) is 0 Å². The van der Waals surface area contributed by atoms with Crippen molar-refractivity contribution in [2.45, 2.75) is 26.4 Å². The molecule has 0 aliphatic heterocycles. The third kappa shape index (κ3) is 2.67. The van der Waals surface area contributed by atoms with E-state index in [-0.39, 0.29) is 5.56 Å². The van der Waals surface area contributed by atoms with Crippen molar-refractivity contribution in [1.29, 1.82) is 0 Å². The van der Waals surface area contributed by atoms with E-state index in [2.05, 4.69) is 0 Å². The van der Waals surface area contributed by atoms with Crippen LogP contribution >= 0.6 is 0 Å². The lowest BCUT2D eigenvalue weighted by Crippen LogP contribution is -2.41. The van der Waals surface area contributed by atoms with Crippen LogP contribution in [0, 0.1) is 23.5 Å². The van der Waals surface area contributed by atoms with Crippen LogP contribution in [0.5, 0.6) is 0 Å². The summed E-state index contributed by atoms with van der Waals surface area (Å²) >= 11 is 0. The molecule has 0 spiro atoms. The van der Waals surface area contributed by atoms with Crippen molar-refractivity contribution in [3.8, 4) is 0 Å². The molecule has 0 amide bonds. The summed E-state index contributed by atoms with van der Waals surface area (Å²) in [7, 11) is 0. The number of benzene rings is 1. The van der Waals surface area contributed by atoms with Gasteiger partial charge >= 0.3 is 5.97 Å². The Hall–Kier alpha value is -1.49. The van der Waals surface area contributed by atoms with Crippen LogP contribution in [-0.2, 0) is 10.4 Å². The van der Waals surface area contributed by atoms with Crippen molar-refractivity contribution in [2.75, 3.05) is 0 Å². The molecule has 0 fully saturated rings. The first kappa shape index (κ1) is 14.6. The van der Waals surface area contributed by atoms with E-state index >= 15 is 0 Å². The number of carboxylic acid groups (broad SMARTS) is 1. The van der Waals surface area contributed by atoms with Crippen molar-refractivity contribution in [3.63, 3.8) is 0 Å². The van der Waals surface area contributed by atoms with Gasteiger partial charge in [-0.3, -0.25) is 4.79 Å². The normalized spacial score (nSPS) is 16.4. The van der Waals surface area contributed by atoms with Crippen molar-refractivity contribution in [3.05, 3.63) is 35.4 Å². The summed E-state index contributed by atoms with van der Waals surface area (Å²) in [6.45, 7) is 4.39. The summed E-state index contributed by atoms with van der Waals surface area (Å²) in [5, 5.41) is 19.4. The number of rotatable bonds is 4. The van der Waals surface area contributed by atoms with Crippen molar-refractivity contribution in [2.24, 2.45) is 11.8 Å². The molecule has 0 heterocycles. The SMILES string of the molecule is CC(C)C(C(=O)O)C(C)(O)c1cc(F)ccc1F. The van der Waals surface area contributed by atoms with Crippen LogP contribution in [-0.4, -0.2) is 16.2 Å². The molecule has 18 heavy (non-hydrogen) atoms. The Kier molecular flexibility index (Phi) is 4.06. The average molecular weight is 258 g/mol. The fourth-order valence-corrected chi connectivity index (χ4v) is 2.23. The Morgan fingerprint density at radius 3 is 2.33 bits per heavy atom. The molecule has 1 aromatic rings. The zero-order valence-corrected chi connectivity index (χ0v) is 10.4. The van der Waals surface area contributed by atoms with E-state index in [1.807, 2.05) is 0 Å². The minimum Gasteiger partial charge on any atom is -0.481 e.